The zero-order valence-electron chi connectivity index (χ0n) is 15.7. The molecule has 0 saturated carbocycles. The van der Waals surface area contributed by atoms with Crippen LogP contribution in [0.5, 0.6) is 0 Å². The molecular formula is C20H22Cl2N2O3. The average molecular weight is 409 g/mol. The molecule has 0 aliphatic carbocycles. The predicted octanol–water partition coefficient (Wildman–Crippen LogP) is 5.61. The van der Waals surface area contributed by atoms with E-state index in [-0.39, 0.29) is 5.91 Å². The summed E-state index contributed by atoms with van der Waals surface area (Å²) in [4.78, 5) is 26.0. The second-order valence-electron chi connectivity index (χ2n) is 7.12. The molecule has 0 spiro atoms. The van der Waals surface area contributed by atoms with Crippen molar-refractivity contribution in [2.24, 2.45) is 0 Å². The first kappa shape index (κ1) is 21.1. The SMILES string of the molecule is CN(Cc1cccc(NC(=O)c2cc(Cl)ccc2Cl)c1)C(=O)OC(C)(C)C. The van der Waals surface area contributed by atoms with Crippen molar-refractivity contribution in [1.82, 2.24) is 4.90 Å². The van der Waals surface area contributed by atoms with Crippen LogP contribution in [-0.2, 0) is 11.3 Å². The minimum Gasteiger partial charge on any atom is -0.444 e. The highest BCUT2D eigenvalue weighted by Gasteiger charge is 2.19. The Bertz CT molecular complexity index is 847. The molecule has 0 heterocycles. The minimum absolute atomic E-state index is 0.292. The van der Waals surface area contributed by atoms with E-state index in [1.165, 1.54) is 11.0 Å². The topological polar surface area (TPSA) is 58.6 Å². The van der Waals surface area contributed by atoms with E-state index in [2.05, 4.69) is 5.32 Å². The first-order valence-corrected chi connectivity index (χ1v) is 9.10. The fraction of sp³-hybridized carbons (Fsp3) is 0.300. The fourth-order valence-electron chi connectivity index (χ4n) is 2.30. The van der Waals surface area contributed by atoms with Crippen molar-refractivity contribution in [3.8, 4) is 0 Å². The molecule has 2 aromatic rings. The van der Waals surface area contributed by atoms with Gasteiger partial charge in [-0.3, -0.25) is 4.79 Å². The van der Waals surface area contributed by atoms with E-state index in [1.807, 2.05) is 26.8 Å². The third-order valence-electron chi connectivity index (χ3n) is 3.48. The van der Waals surface area contributed by atoms with Crippen LogP contribution >= 0.6 is 23.2 Å². The third-order valence-corrected chi connectivity index (χ3v) is 4.05. The van der Waals surface area contributed by atoms with Gasteiger partial charge in [0.1, 0.15) is 5.60 Å². The van der Waals surface area contributed by atoms with Crippen molar-refractivity contribution >= 4 is 40.9 Å². The van der Waals surface area contributed by atoms with Gasteiger partial charge >= 0.3 is 6.09 Å². The number of halogens is 2. The molecule has 2 rings (SSSR count). The number of anilines is 1. The van der Waals surface area contributed by atoms with E-state index >= 15 is 0 Å². The highest BCUT2D eigenvalue weighted by molar-refractivity contribution is 6.36. The quantitative estimate of drug-likeness (QED) is 0.714. The van der Waals surface area contributed by atoms with E-state index in [0.29, 0.717) is 27.8 Å². The summed E-state index contributed by atoms with van der Waals surface area (Å²) in [5.74, 6) is -0.361. The summed E-state index contributed by atoms with van der Waals surface area (Å²) >= 11 is 12.0. The normalized spacial score (nSPS) is 11.0. The van der Waals surface area contributed by atoms with E-state index in [1.54, 1.807) is 37.4 Å². The summed E-state index contributed by atoms with van der Waals surface area (Å²) in [6, 6.07) is 11.9. The monoisotopic (exact) mass is 408 g/mol. The Kier molecular flexibility index (Phi) is 6.73. The number of nitrogens with zero attached hydrogens (tertiary/aromatic N) is 1. The average Bonchev–Trinajstić information content (AvgIpc) is 2.55. The second-order valence-corrected chi connectivity index (χ2v) is 7.96. The molecular weight excluding hydrogens is 387 g/mol. The summed E-state index contributed by atoms with van der Waals surface area (Å²) in [5.41, 5.74) is 1.17. The first-order valence-electron chi connectivity index (χ1n) is 8.34. The number of hydrogen-bond acceptors (Lipinski definition) is 3. The molecule has 0 saturated heterocycles. The molecule has 0 radical (unpaired) electrons. The lowest BCUT2D eigenvalue weighted by molar-refractivity contribution is 0.0285. The largest absolute Gasteiger partial charge is 0.444 e. The molecule has 2 aromatic carbocycles. The van der Waals surface area contributed by atoms with Gasteiger partial charge in [-0.25, -0.2) is 4.79 Å². The zero-order chi connectivity index (χ0) is 20.2. The minimum atomic E-state index is -0.558. The second kappa shape index (κ2) is 8.63. The Labute approximate surface area is 169 Å². The third kappa shape index (κ3) is 6.45. The molecule has 0 aromatic heterocycles. The fourth-order valence-corrected chi connectivity index (χ4v) is 2.67. The van der Waals surface area contributed by atoms with Crippen molar-refractivity contribution in [1.29, 1.82) is 0 Å². The van der Waals surface area contributed by atoms with Crippen LogP contribution in [0.2, 0.25) is 10.0 Å². The van der Waals surface area contributed by atoms with Gasteiger partial charge in [-0.05, 0) is 56.7 Å². The van der Waals surface area contributed by atoms with E-state index in [9.17, 15) is 9.59 Å². The molecule has 0 aliphatic heterocycles. The number of ether oxygens (including phenoxy) is 1. The summed E-state index contributed by atoms with van der Waals surface area (Å²) in [6.07, 6.45) is -0.414. The smallest absolute Gasteiger partial charge is 0.410 e. The van der Waals surface area contributed by atoms with Crippen LogP contribution in [0.1, 0.15) is 36.7 Å². The maximum atomic E-state index is 12.4. The highest BCUT2D eigenvalue weighted by atomic mass is 35.5. The molecule has 0 fully saturated rings. The van der Waals surface area contributed by atoms with Crippen molar-refractivity contribution < 1.29 is 14.3 Å². The Balaban J connectivity index is 2.08. The molecule has 0 atom stereocenters. The number of amides is 2. The number of hydrogen-bond donors (Lipinski definition) is 1. The zero-order valence-corrected chi connectivity index (χ0v) is 17.2. The van der Waals surface area contributed by atoms with Crippen LogP contribution in [0.4, 0.5) is 10.5 Å². The predicted molar refractivity (Wildman–Crippen MR) is 109 cm³/mol. The van der Waals surface area contributed by atoms with E-state index in [0.717, 1.165) is 5.56 Å². The maximum Gasteiger partial charge on any atom is 0.410 e. The lowest BCUT2D eigenvalue weighted by Gasteiger charge is -2.24. The van der Waals surface area contributed by atoms with Gasteiger partial charge in [0.2, 0.25) is 0 Å². The van der Waals surface area contributed by atoms with Gasteiger partial charge in [0, 0.05) is 24.3 Å². The van der Waals surface area contributed by atoms with E-state index < -0.39 is 11.7 Å². The number of carbonyl (C=O) groups excluding carboxylic acids is 2. The van der Waals surface area contributed by atoms with Crippen LogP contribution < -0.4 is 5.32 Å². The van der Waals surface area contributed by atoms with Crippen molar-refractivity contribution in [3.63, 3.8) is 0 Å². The van der Waals surface area contributed by atoms with Crippen molar-refractivity contribution in [3.05, 3.63) is 63.6 Å². The number of nitrogens with one attached hydrogen (secondary N) is 1. The van der Waals surface area contributed by atoms with Crippen molar-refractivity contribution in [2.45, 2.75) is 32.9 Å². The summed E-state index contributed by atoms with van der Waals surface area (Å²) < 4.78 is 5.34. The van der Waals surface area contributed by atoms with Crippen LogP contribution in [0.3, 0.4) is 0 Å². The molecule has 0 bridgehead atoms. The molecule has 0 unspecified atom stereocenters. The van der Waals surface area contributed by atoms with Gasteiger partial charge in [-0.1, -0.05) is 35.3 Å². The Morgan fingerprint density at radius 2 is 1.81 bits per heavy atom. The number of carbonyl (C=O) groups is 2. The maximum absolute atomic E-state index is 12.4. The number of benzene rings is 2. The summed E-state index contributed by atoms with van der Waals surface area (Å²) in [5, 5.41) is 3.54. The lowest BCUT2D eigenvalue weighted by Crippen LogP contribution is -2.33. The first-order chi connectivity index (χ1) is 12.5. The lowest BCUT2D eigenvalue weighted by atomic mass is 10.1. The molecule has 1 N–H and O–H groups in total. The highest BCUT2D eigenvalue weighted by Crippen LogP contribution is 2.22. The van der Waals surface area contributed by atoms with Gasteiger partial charge in [0.25, 0.3) is 5.91 Å². The molecule has 27 heavy (non-hydrogen) atoms. The molecule has 0 aliphatic rings. The summed E-state index contributed by atoms with van der Waals surface area (Å²) in [6.45, 7) is 5.79. The van der Waals surface area contributed by atoms with Gasteiger partial charge < -0.3 is 15.0 Å². The van der Waals surface area contributed by atoms with Crippen LogP contribution in [-0.4, -0.2) is 29.5 Å². The van der Waals surface area contributed by atoms with E-state index in [4.69, 9.17) is 27.9 Å². The number of rotatable bonds is 4. The Hall–Kier alpha value is -2.24. The van der Waals surface area contributed by atoms with Crippen LogP contribution in [0.25, 0.3) is 0 Å². The van der Waals surface area contributed by atoms with Gasteiger partial charge in [-0.2, -0.15) is 0 Å². The Morgan fingerprint density at radius 1 is 1.11 bits per heavy atom. The molecule has 7 heteroatoms. The van der Waals surface area contributed by atoms with Gasteiger partial charge in [-0.15, -0.1) is 0 Å². The van der Waals surface area contributed by atoms with Crippen molar-refractivity contribution in [2.75, 3.05) is 12.4 Å². The molecule has 144 valence electrons. The molecule has 5 nitrogen and oxygen atoms in total. The van der Waals surface area contributed by atoms with Crippen LogP contribution in [0.15, 0.2) is 42.5 Å². The summed E-state index contributed by atoms with van der Waals surface area (Å²) in [7, 11) is 1.66. The Morgan fingerprint density at radius 3 is 2.48 bits per heavy atom. The van der Waals surface area contributed by atoms with Gasteiger partial charge in [0.15, 0.2) is 0 Å². The van der Waals surface area contributed by atoms with Crippen LogP contribution in [0, 0.1) is 0 Å². The standard InChI is InChI=1S/C20H22Cl2N2O3/c1-20(2,3)27-19(26)24(4)12-13-6-5-7-15(10-13)23-18(25)16-11-14(21)8-9-17(16)22/h5-11H,12H2,1-4H3,(H,23,25). The van der Waals surface area contributed by atoms with Gasteiger partial charge in [0.05, 0.1) is 10.6 Å². The molecule has 2 amide bonds.